The molecule has 0 aliphatic rings. The lowest BCUT2D eigenvalue weighted by atomic mass is 10.1. The van der Waals surface area contributed by atoms with Crippen LogP contribution >= 0.6 is 0 Å². The van der Waals surface area contributed by atoms with Gasteiger partial charge in [0.05, 0.1) is 5.56 Å². The summed E-state index contributed by atoms with van der Waals surface area (Å²) in [5.41, 5.74) is -0.00430. The number of carbonyl (C=O) groups excluding carboxylic acids is 1. The highest BCUT2D eigenvalue weighted by molar-refractivity contribution is 5.96. The number of aliphatic hydroxyl groups is 1. The number of hydrogen-bond donors (Lipinski definition) is 1. The number of ketones is 1. The van der Waals surface area contributed by atoms with Gasteiger partial charge in [-0.25, -0.2) is 13.2 Å². The van der Waals surface area contributed by atoms with Crippen molar-refractivity contribution in [3.8, 4) is 5.75 Å². The summed E-state index contributed by atoms with van der Waals surface area (Å²) >= 11 is 0. The average Bonchev–Trinajstić information content (AvgIpc) is 2.44. The van der Waals surface area contributed by atoms with E-state index in [-0.39, 0.29) is 22.7 Å². The van der Waals surface area contributed by atoms with E-state index < -0.39 is 30.2 Å². The number of benzene rings is 2. The maximum Gasteiger partial charge on any atom is 0.163 e. The van der Waals surface area contributed by atoms with E-state index in [9.17, 15) is 23.1 Å². The second-order valence-electron chi connectivity index (χ2n) is 4.69. The summed E-state index contributed by atoms with van der Waals surface area (Å²) in [7, 11) is 0. The zero-order valence-electron chi connectivity index (χ0n) is 11.6. The van der Waals surface area contributed by atoms with Crippen LogP contribution in [0.25, 0.3) is 0 Å². The molecule has 0 fully saturated rings. The molecule has 0 aromatic heterocycles. The number of Topliss-reactive ketones (excluding diaryl/α,β-unsaturated/α-hetero) is 1. The van der Waals surface area contributed by atoms with Gasteiger partial charge in [0.2, 0.25) is 0 Å². The van der Waals surface area contributed by atoms with Gasteiger partial charge in [-0.15, -0.1) is 0 Å². The van der Waals surface area contributed by atoms with Crippen molar-refractivity contribution in [1.29, 1.82) is 0 Å². The molecule has 0 aliphatic carbocycles. The molecule has 0 radical (unpaired) electrons. The van der Waals surface area contributed by atoms with Crippen molar-refractivity contribution < 1.29 is 27.8 Å². The molecule has 0 spiro atoms. The summed E-state index contributed by atoms with van der Waals surface area (Å²) in [5.74, 6) is -2.67. The van der Waals surface area contributed by atoms with Gasteiger partial charge in [-0.05, 0) is 25.1 Å². The average molecular weight is 310 g/mol. The van der Waals surface area contributed by atoms with Crippen LogP contribution in [0.3, 0.4) is 0 Å². The zero-order valence-corrected chi connectivity index (χ0v) is 11.6. The summed E-state index contributed by atoms with van der Waals surface area (Å²) in [6, 6.07) is 6.12. The highest BCUT2D eigenvalue weighted by Crippen LogP contribution is 2.24. The van der Waals surface area contributed by atoms with E-state index in [0.29, 0.717) is 6.07 Å². The Labute approximate surface area is 125 Å². The Hall–Kier alpha value is -2.34. The molecule has 1 atom stereocenters. The molecule has 6 heteroatoms. The van der Waals surface area contributed by atoms with Crippen LogP contribution in [-0.2, 0) is 0 Å². The third-order valence-electron chi connectivity index (χ3n) is 3.04. The maximum absolute atomic E-state index is 13.5. The van der Waals surface area contributed by atoms with E-state index in [4.69, 9.17) is 4.74 Å². The monoisotopic (exact) mass is 310 g/mol. The molecule has 0 saturated heterocycles. The first-order valence-electron chi connectivity index (χ1n) is 6.45. The number of ether oxygens (including phenoxy) is 1. The molecule has 2 aromatic rings. The first-order chi connectivity index (χ1) is 10.4. The molecule has 1 N–H and O–H groups in total. The first-order valence-corrected chi connectivity index (χ1v) is 6.45. The molecule has 22 heavy (non-hydrogen) atoms. The van der Waals surface area contributed by atoms with Crippen molar-refractivity contribution in [2.24, 2.45) is 0 Å². The first kappa shape index (κ1) is 16.0. The number of aliphatic hydroxyl groups excluding tert-OH is 1. The van der Waals surface area contributed by atoms with Gasteiger partial charge in [0, 0.05) is 17.7 Å². The van der Waals surface area contributed by atoms with Crippen molar-refractivity contribution in [2.75, 3.05) is 6.61 Å². The highest BCUT2D eigenvalue weighted by atomic mass is 19.1. The van der Waals surface area contributed by atoms with Gasteiger partial charge in [-0.1, -0.05) is 6.07 Å². The third kappa shape index (κ3) is 3.65. The van der Waals surface area contributed by atoms with E-state index in [2.05, 4.69) is 0 Å². The highest BCUT2D eigenvalue weighted by Gasteiger charge is 2.16. The van der Waals surface area contributed by atoms with E-state index in [1.807, 2.05) is 0 Å². The molecule has 0 heterocycles. The number of halogens is 3. The van der Waals surface area contributed by atoms with Crippen LogP contribution in [0.15, 0.2) is 36.4 Å². The Bertz CT molecular complexity index is 701. The Kier molecular flexibility index (Phi) is 4.82. The Morgan fingerprint density at radius 3 is 2.41 bits per heavy atom. The van der Waals surface area contributed by atoms with Crippen LogP contribution < -0.4 is 4.74 Å². The number of hydrogen-bond acceptors (Lipinski definition) is 3. The van der Waals surface area contributed by atoms with Gasteiger partial charge in [0.15, 0.2) is 5.78 Å². The summed E-state index contributed by atoms with van der Waals surface area (Å²) in [5, 5.41) is 9.89. The van der Waals surface area contributed by atoms with Crippen LogP contribution in [0.4, 0.5) is 13.2 Å². The van der Waals surface area contributed by atoms with Crippen LogP contribution in [0, 0.1) is 17.5 Å². The van der Waals surface area contributed by atoms with Crippen LogP contribution in [0.5, 0.6) is 5.75 Å². The van der Waals surface area contributed by atoms with E-state index in [0.717, 1.165) is 24.3 Å². The summed E-state index contributed by atoms with van der Waals surface area (Å²) in [6.45, 7) is 0.877. The SMILES string of the molecule is CC(=O)c1ccc(F)cc1OCC(O)c1ccc(F)cc1F. The van der Waals surface area contributed by atoms with E-state index in [1.165, 1.54) is 13.0 Å². The molecule has 2 aromatic carbocycles. The van der Waals surface area contributed by atoms with Crippen LogP contribution in [0.2, 0.25) is 0 Å². The Morgan fingerprint density at radius 2 is 1.77 bits per heavy atom. The van der Waals surface area contributed by atoms with E-state index in [1.54, 1.807) is 0 Å². The fourth-order valence-corrected chi connectivity index (χ4v) is 1.94. The van der Waals surface area contributed by atoms with E-state index >= 15 is 0 Å². The minimum atomic E-state index is -1.39. The van der Waals surface area contributed by atoms with Crippen molar-refractivity contribution in [3.05, 3.63) is 65.0 Å². The normalized spacial score (nSPS) is 12.0. The minimum Gasteiger partial charge on any atom is -0.490 e. The maximum atomic E-state index is 13.5. The molecule has 0 aliphatic heterocycles. The minimum absolute atomic E-state index is 0.0472. The standard InChI is InChI=1S/C16H13F3O3/c1-9(20)12-4-2-11(18)7-16(12)22-8-15(21)13-5-3-10(17)6-14(13)19/h2-7,15,21H,8H2,1H3. The second kappa shape index (κ2) is 6.62. The van der Waals surface area contributed by atoms with Gasteiger partial charge in [-0.3, -0.25) is 4.79 Å². The zero-order chi connectivity index (χ0) is 16.3. The van der Waals surface area contributed by atoms with Gasteiger partial charge < -0.3 is 9.84 Å². The Morgan fingerprint density at radius 1 is 1.14 bits per heavy atom. The second-order valence-corrected chi connectivity index (χ2v) is 4.69. The molecule has 0 bridgehead atoms. The van der Waals surface area contributed by atoms with Gasteiger partial charge in [-0.2, -0.15) is 0 Å². The van der Waals surface area contributed by atoms with Crippen LogP contribution in [0.1, 0.15) is 28.9 Å². The molecular formula is C16H13F3O3. The van der Waals surface area contributed by atoms with Crippen molar-refractivity contribution in [3.63, 3.8) is 0 Å². The summed E-state index contributed by atoms with van der Waals surface area (Å²) < 4.78 is 44.8. The lowest BCUT2D eigenvalue weighted by Gasteiger charge is -2.15. The topological polar surface area (TPSA) is 46.5 Å². The predicted molar refractivity (Wildman–Crippen MR) is 73.2 cm³/mol. The molecule has 116 valence electrons. The predicted octanol–water partition coefficient (Wildman–Crippen LogP) is 3.42. The fraction of sp³-hybridized carbons (Fsp3) is 0.188. The quantitative estimate of drug-likeness (QED) is 0.861. The van der Waals surface area contributed by atoms with Gasteiger partial charge in [0.25, 0.3) is 0 Å². The smallest absolute Gasteiger partial charge is 0.163 e. The molecule has 0 amide bonds. The molecule has 0 saturated carbocycles. The summed E-state index contributed by atoms with van der Waals surface area (Å²) in [6.07, 6.45) is -1.39. The number of rotatable bonds is 5. The lowest BCUT2D eigenvalue weighted by Crippen LogP contribution is -2.13. The molecule has 2 rings (SSSR count). The van der Waals surface area contributed by atoms with Crippen molar-refractivity contribution >= 4 is 5.78 Å². The molecule has 1 unspecified atom stereocenters. The Balaban J connectivity index is 2.16. The largest absolute Gasteiger partial charge is 0.490 e. The lowest BCUT2D eigenvalue weighted by molar-refractivity contribution is 0.0966. The number of carbonyl (C=O) groups is 1. The van der Waals surface area contributed by atoms with Crippen molar-refractivity contribution in [1.82, 2.24) is 0 Å². The molecular weight excluding hydrogens is 297 g/mol. The van der Waals surface area contributed by atoms with Crippen molar-refractivity contribution in [2.45, 2.75) is 13.0 Å². The third-order valence-corrected chi connectivity index (χ3v) is 3.04. The molecule has 3 nitrogen and oxygen atoms in total. The summed E-state index contributed by atoms with van der Waals surface area (Å²) in [4.78, 5) is 11.4. The van der Waals surface area contributed by atoms with Crippen LogP contribution in [-0.4, -0.2) is 17.5 Å². The van der Waals surface area contributed by atoms with Gasteiger partial charge in [0.1, 0.15) is 35.9 Å². The fourth-order valence-electron chi connectivity index (χ4n) is 1.94. The van der Waals surface area contributed by atoms with Gasteiger partial charge >= 0.3 is 0 Å².